The first-order chi connectivity index (χ1) is 8.34. The number of aromatic amines is 1. The zero-order chi connectivity index (χ0) is 11.7. The molecule has 0 atom stereocenters. The van der Waals surface area contributed by atoms with Gasteiger partial charge in [-0.25, -0.2) is 0 Å². The minimum atomic E-state index is -0.429. The fourth-order valence-electron chi connectivity index (χ4n) is 1.34. The topological polar surface area (TPSA) is 108 Å². The number of nitrogens with one attached hydrogen (secondary N) is 2. The van der Waals surface area contributed by atoms with E-state index >= 15 is 0 Å². The number of carbonyl (C=O) groups excluding carboxylic acids is 1. The number of hydrogen-bond donors (Lipinski definition) is 2. The van der Waals surface area contributed by atoms with Crippen LogP contribution in [0.25, 0.3) is 0 Å². The Hall–Kier alpha value is -2.12. The van der Waals surface area contributed by atoms with Crippen molar-refractivity contribution in [3.8, 4) is 0 Å². The second kappa shape index (κ2) is 4.04. The van der Waals surface area contributed by atoms with Crippen molar-refractivity contribution in [2.24, 2.45) is 7.92 Å². The molecule has 0 saturated carbocycles. The van der Waals surface area contributed by atoms with Gasteiger partial charge in [0.2, 0.25) is 0 Å². The van der Waals surface area contributed by atoms with Crippen LogP contribution in [0.2, 0.25) is 0 Å². The molecule has 0 saturated heterocycles. The molecule has 0 unspecified atom stereocenters. The first-order valence-electron chi connectivity index (χ1n) is 4.60. The first kappa shape index (κ1) is 10.1. The zero-order valence-corrected chi connectivity index (χ0v) is 10.00. The summed E-state index contributed by atoms with van der Waals surface area (Å²) in [6.07, 6.45) is 0. The van der Waals surface area contributed by atoms with E-state index in [-0.39, 0.29) is 20.4 Å². The summed E-state index contributed by atoms with van der Waals surface area (Å²) < 4.78 is 8.48. The van der Waals surface area contributed by atoms with Crippen molar-refractivity contribution >= 4 is 37.5 Å². The van der Waals surface area contributed by atoms with Crippen LogP contribution in [0.3, 0.4) is 0 Å². The van der Waals surface area contributed by atoms with Crippen LogP contribution in [-0.2, 0) is 0 Å². The van der Waals surface area contributed by atoms with E-state index in [0.29, 0.717) is 11.4 Å². The van der Waals surface area contributed by atoms with E-state index in [9.17, 15) is 4.79 Å². The van der Waals surface area contributed by atoms with E-state index in [2.05, 4.69) is 33.9 Å². The Bertz CT molecular complexity index is 644. The van der Waals surface area contributed by atoms with Crippen molar-refractivity contribution in [2.75, 3.05) is 5.32 Å². The SMILES string of the molecule is O=C(Nc1cccc2c1N=[Se]=N2)c1nn[nH]n1. The third-order valence-electron chi connectivity index (χ3n) is 2.08. The van der Waals surface area contributed by atoms with Gasteiger partial charge < -0.3 is 0 Å². The summed E-state index contributed by atoms with van der Waals surface area (Å²) >= 11 is -0.130. The molecule has 9 heteroatoms. The molecule has 1 aliphatic rings. The van der Waals surface area contributed by atoms with Gasteiger partial charge in [-0.1, -0.05) is 0 Å². The number of H-pyrrole nitrogens is 1. The second-order valence-corrected chi connectivity index (χ2v) is 4.24. The fraction of sp³-hybridized carbons (Fsp3) is 0. The molecule has 0 radical (unpaired) electrons. The molecule has 84 valence electrons. The van der Waals surface area contributed by atoms with Gasteiger partial charge in [-0.15, -0.1) is 0 Å². The van der Waals surface area contributed by atoms with Crippen LogP contribution < -0.4 is 5.32 Å². The summed E-state index contributed by atoms with van der Waals surface area (Å²) in [5.74, 6) is -0.440. The summed E-state index contributed by atoms with van der Waals surface area (Å²) in [7, 11) is 0. The first-order valence-corrected chi connectivity index (χ1v) is 6.14. The van der Waals surface area contributed by atoms with Crippen molar-refractivity contribution in [3.05, 3.63) is 24.0 Å². The van der Waals surface area contributed by atoms with Crippen molar-refractivity contribution in [1.29, 1.82) is 0 Å². The Balaban J connectivity index is 1.90. The van der Waals surface area contributed by atoms with Crippen LogP contribution in [0.1, 0.15) is 10.6 Å². The Morgan fingerprint density at radius 1 is 1.35 bits per heavy atom. The fourth-order valence-corrected chi connectivity index (χ4v) is 2.50. The molecule has 0 fully saturated rings. The molecule has 0 aliphatic carbocycles. The van der Waals surface area contributed by atoms with Gasteiger partial charge in [0.1, 0.15) is 0 Å². The third-order valence-corrected chi connectivity index (χ3v) is 3.22. The average Bonchev–Trinajstić information content (AvgIpc) is 3.00. The molecule has 8 nitrogen and oxygen atoms in total. The van der Waals surface area contributed by atoms with Crippen LogP contribution in [0.4, 0.5) is 17.1 Å². The maximum atomic E-state index is 11.7. The molecule has 2 aromatic rings. The molecule has 3 rings (SSSR count). The van der Waals surface area contributed by atoms with Gasteiger partial charge in [0, 0.05) is 0 Å². The van der Waals surface area contributed by atoms with Crippen molar-refractivity contribution in [1.82, 2.24) is 20.6 Å². The van der Waals surface area contributed by atoms with E-state index in [0.717, 1.165) is 5.69 Å². The van der Waals surface area contributed by atoms with Crippen LogP contribution in [-0.4, -0.2) is 41.1 Å². The zero-order valence-electron chi connectivity index (χ0n) is 8.28. The molecule has 2 N–H and O–H groups in total. The summed E-state index contributed by atoms with van der Waals surface area (Å²) in [5, 5.41) is 15.4. The van der Waals surface area contributed by atoms with Gasteiger partial charge in [-0.05, 0) is 0 Å². The van der Waals surface area contributed by atoms with E-state index in [1.165, 1.54) is 0 Å². The number of rotatable bonds is 2. The molecule has 1 aromatic carbocycles. The van der Waals surface area contributed by atoms with Crippen LogP contribution in [0.15, 0.2) is 26.1 Å². The predicted molar refractivity (Wildman–Crippen MR) is 58.5 cm³/mol. The molecule has 0 spiro atoms. The maximum absolute atomic E-state index is 11.7. The normalized spacial score (nSPS) is 12.0. The summed E-state index contributed by atoms with van der Waals surface area (Å²) in [4.78, 5) is 11.7. The minimum absolute atomic E-state index is 0.0111. The number of hydrogen-bond acceptors (Lipinski definition) is 6. The number of amides is 1. The van der Waals surface area contributed by atoms with E-state index in [4.69, 9.17) is 0 Å². The van der Waals surface area contributed by atoms with Crippen molar-refractivity contribution < 1.29 is 4.79 Å². The molecule has 0 bridgehead atoms. The van der Waals surface area contributed by atoms with Crippen LogP contribution >= 0.6 is 0 Å². The average molecular weight is 294 g/mol. The number of benzene rings is 1. The third kappa shape index (κ3) is 1.81. The van der Waals surface area contributed by atoms with Crippen molar-refractivity contribution in [3.63, 3.8) is 0 Å². The molecular weight excluding hydrogens is 289 g/mol. The Kier molecular flexibility index (Phi) is 2.39. The number of aromatic nitrogens is 4. The number of carbonyl (C=O) groups is 1. The van der Waals surface area contributed by atoms with E-state index < -0.39 is 5.91 Å². The number of nitrogens with zero attached hydrogens (tertiary/aromatic N) is 5. The van der Waals surface area contributed by atoms with E-state index in [1.54, 1.807) is 6.07 Å². The number of tetrazole rings is 1. The quantitative estimate of drug-likeness (QED) is 0.681. The van der Waals surface area contributed by atoms with Gasteiger partial charge in [0.05, 0.1) is 0 Å². The Morgan fingerprint density at radius 2 is 2.29 bits per heavy atom. The summed E-state index contributed by atoms with van der Waals surface area (Å²) in [6, 6.07) is 5.43. The molecule has 2 heterocycles. The number of fused-ring (bicyclic) bond motifs is 1. The van der Waals surface area contributed by atoms with Crippen LogP contribution in [0, 0.1) is 0 Å². The van der Waals surface area contributed by atoms with Gasteiger partial charge >= 0.3 is 100 Å². The molecular formula is C8H5N7OSe. The van der Waals surface area contributed by atoms with Gasteiger partial charge in [-0.2, -0.15) is 0 Å². The summed E-state index contributed by atoms with van der Waals surface area (Å²) in [6.45, 7) is 0. The second-order valence-electron chi connectivity index (χ2n) is 3.13. The van der Waals surface area contributed by atoms with E-state index in [1.807, 2.05) is 12.1 Å². The monoisotopic (exact) mass is 295 g/mol. The van der Waals surface area contributed by atoms with Crippen LogP contribution in [0.5, 0.6) is 0 Å². The van der Waals surface area contributed by atoms with Gasteiger partial charge in [0.25, 0.3) is 0 Å². The Labute approximate surface area is 101 Å². The predicted octanol–water partition coefficient (Wildman–Crippen LogP) is 0.800. The number of anilines is 1. The standard InChI is InChI=1S/C8H5N7OSe/c16-8(7-10-14-15-11-7)9-4-2-1-3-5-6(4)13-17-12-5/h1-3H,(H,9,16)(H,10,11,14,15). The summed E-state index contributed by atoms with van der Waals surface area (Å²) in [5.41, 5.74) is 2.13. The molecule has 1 aromatic heterocycles. The molecule has 1 aliphatic heterocycles. The molecule has 1 amide bonds. The Morgan fingerprint density at radius 3 is 3.12 bits per heavy atom. The van der Waals surface area contributed by atoms with Gasteiger partial charge in [-0.3, -0.25) is 0 Å². The van der Waals surface area contributed by atoms with Gasteiger partial charge in [0.15, 0.2) is 0 Å². The molecule has 17 heavy (non-hydrogen) atoms. The van der Waals surface area contributed by atoms with Crippen molar-refractivity contribution in [2.45, 2.75) is 0 Å².